The maximum atomic E-state index is 12.2. The molecule has 6 aromatic rings. The Bertz CT molecular complexity index is 2620. The van der Waals surface area contributed by atoms with Gasteiger partial charge in [-0.25, -0.2) is 9.97 Å². The summed E-state index contributed by atoms with van der Waals surface area (Å²) in [6.45, 7) is 9.38. The van der Waals surface area contributed by atoms with E-state index in [0.29, 0.717) is 47.1 Å². The number of ether oxygens (including phenoxy) is 2. The molecule has 3 aliphatic heterocycles. The zero-order valence-electron chi connectivity index (χ0n) is 40.7. The summed E-state index contributed by atoms with van der Waals surface area (Å²) in [7, 11) is 0. The van der Waals surface area contributed by atoms with Gasteiger partial charge in [-0.1, -0.05) is 54.1 Å². The molecule has 3 fully saturated rings. The molecule has 0 saturated carbocycles. The first-order chi connectivity index (χ1) is 34.9. The van der Waals surface area contributed by atoms with E-state index < -0.39 is 18.7 Å². The molecule has 378 valence electrons. The molecule has 0 spiro atoms. The van der Waals surface area contributed by atoms with Crippen LogP contribution in [-0.2, 0) is 0 Å². The highest BCUT2D eigenvalue weighted by atomic mass is 19.4. The summed E-state index contributed by atoms with van der Waals surface area (Å²) in [6, 6.07) is 37.6. The molecule has 72 heavy (non-hydrogen) atoms. The molecule has 5 heterocycles. The lowest BCUT2D eigenvalue weighted by Crippen LogP contribution is -2.28. The van der Waals surface area contributed by atoms with Gasteiger partial charge in [-0.15, -0.1) is 0 Å². The van der Waals surface area contributed by atoms with Gasteiger partial charge in [0.1, 0.15) is 11.4 Å². The predicted octanol–water partition coefficient (Wildman–Crippen LogP) is 10.3. The molecule has 0 radical (unpaired) electrons. The molecular formula is C56H63F3N8O5. The number of piperidine rings is 2. The fourth-order valence-corrected chi connectivity index (χ4v) is 8.56. The summed E-state index contributed by atoms with van der Waals surface area (Å²) in [5.74, 6) is 1.46. The van der Waals surface area contributed by atoms with Crippen LogP contribution in [0.4, 0.5) is 30.2 Å². The molecule has 3 aliphatic rings. The van der Waals surface area contributed by atoms with Crippen molar-refractivity contribution in [3.63, 3.8) is 0 Å². The Hall–Kier alpha value is -7.14. The van der Waals surface area contributed by atoms with Crippen molar-refractivity contribution in [2.75, 3.05) is 68.4 Å². The summed E-state index contributed by atoms with van der Waals surface area (Å²) in [5, 5.41) is 18.7. The van der Waals surface area contributed by atoms with Crippen LogP contribution in [0.1, 0.15) is 110 Å². The molecule has 13 nitrogen and oxygen atoms in total. The topological polar surface area (TPSA) is 168 Å². The van der Waals surface area contributed by atoms with Crippen LogP contribution >= 0.6 is 0 Å². The van der Waals surface area contributed by atoms with Crippen LogP contribution in [0.25, 0.3) is 0 Å². The van der Waals surface area contributed by atoms with E-state index in [1.54, 1.807) is 18.3 Å². The first-order valence-corrected chi connectivity index (χ1v) is 24.6. The smallest absolute Gasteiger partial charge is 0.422 e. The molecule has 4 aromatic carbocycles. The number of carbonyl (C=O) groups is 3. The number of anilines is 3. The van der Waals surface area contributed by atoms with Crippen molar-refractivity contribution >= 4 is 34.8 Å². The van der Waals surface area contributed by atoms with E-state index in [0.717, 1.165) is 69.0 Å². The summed E-state index contributed by atoms with van der Waals surface area (Å²) < 4.78 is 46.2. The van der Waals surface area contributed by atoms with Gasteiger partial charge in [0.25, 0.3) is 17.7 Å². The second-order valence-corrected chi connectivity index (χ2v) is 18.0. The van der Waals surface area contributed by atoms with Crippen LogP contribution in [0.15, 0.2) is 134 Å². The third-order valence-corrected chi connectivity index (χ3v) is 12.5. The van der Waals surface area contributed by atoms with Crippen LogP contribution in [0.3, 0.4) is 0 Å². The first kappa shape index (κ1) is 52.7. The minimum Gasteiger partial charge on any atom is -0.492 e. The van der Waals surface area contributed by atoms with Crippen LogP contribution in [0.2, 0.25) is 0 Å². The average molecular weight is 985 g/mol. The highest BCUT2D eigenvalue weighted by Crippen LogP contribution is 2.27. The van der Waals surface area contributed by atoms with E-state index in [2.05, 4.69) is 70.9 Å². The van der Waals surface area contributed by atoms with E-state index in [1.807, 2.05) is 86.6 Å². The summed E-state index contributed by atoms with van der Waals surface area (Å²) in [4.78, 5) is 44.5. The number of amides is 3. The van der Waals surface area contributed by atoms with E-state index in [4.69, 9.17) is 4.74 Å². The molecule has 0 bridgehead atoms. The zero-order chi connectivity index (χ0) is 50.7. The van der Waals surface area contributed by atoms with Crippen molar-refractivity contribution in [1.29, 1.82) is 0 Å². The minimum atomic E-state index is -4.43. The van der Waals surface area contributed by atoms with Crippen molar-refractivity contribution in [2.24, 2.45) is 0 Å². The number of halogens is 3. The van der Waals surface area contributed by atoms with Crippen LogP contribution in [-0.4, -0.2) is 86.3 Å². The van der Waals surface area contributed by atoms with Gasteiger partial charge in [-0.3, -0.25) is 14.4 Å². The zero-order valence-corrected chi connectivity index (χ0v) is 40.7. The number of aryl methyl sites for hydroxylation is 1. The number of hydrogen-bond donors (Lipinski definition) is 6. The molecule has 2 aromatic heterocycles. The van der Waals surface area contributed by atoms with Crippen molar-refractivity contribution in [3.8, 4) is 11.6 Å². The lowest BCUT2D eigenvalue weighted by Gasteiger charge is -2.23. The highest BCUT2D eigenvalue weighted by molar-refractivity contribution is 6.05. The monoisotopic (exact) mass is 984 g/mol. The average Bonchev–Trinajstić information content (AvgIpc) is 3.96. The van der Waals surface area contributed by atoms with E-state index in [-0.39, 0.29) is 23.3 Å². The SMILES string of the molecule is CCOc1ccc(C(=O)Nc2ccc(C3CCCNC3)cc2)nc1.Cc1ccc(C(=O)Nc2ccc(C3CCNC3)cc2)cc1.O=C(Nc1ccc(C2CCCNC2)cc1)c1ccc(OCC(F)(F)F)nc1. The Labute approximate surface area is 419 Å². The summed E-state index contributed by atoms with van der Waals surface area (Å²) in [5.41, 5.74) is 8.60. The third-order valence-electron chi connectivity index (χ3n) is 12.5. The lowest BCUT2D eigenvalue weighted by molar-refractivity contribution is -0.154. The van der Waals surface area contributed by atoms with Gasteiger partial charge in [-0.05, 0) is 167 Å². The Kier molecular flexibility index (Phi) is 19.3. The number of carbonyl (C=O) groups excluding carboxylic acids is 3. The number of rotatable bonds is 13. The Balaban J connectivity index is 0.000000160. The van der Waals surface area contributed by atoms with Gasteiger partial charge in [0.15, 0.2) is 6.61 Å². The number of pyridine rings is 2. The van der Waals surface area contributed by atoms with Gasteiger partial charge in [0, 0.05) is 54.5 Å². The molecule has 6 N–H and O–H groups in total. The molecule has 3 atom stereocenters. The molecule has 3 unspecified atom stereocenters. The van der Waals surface area contributed by atoms with Gasteiger partial charge >= 0.3 is 6.18 Å². The second kappa shape index (κ2) is 26.3. The number of hydrogen-bond acceptors (Lipinski definition) is 10. The van der Waals surface area contributed by atoms with Crippen LogP contribution in [0.5, 0.6) is 11.6 Å². The fourth-order valence-electron chi connectivity index (χ4n) is 8.56. The number of nitrogens with one attached hydrogen (secondary N) is 6. The van der Waals surface area contributed by atoms with Crippen molar-refractivity contribution in [3.05, 3.63) is 173 Å². The Morgan fingerprint density at radius 1 is 0.556 bits per heavy atom. The first-order valence-electron chi connectivity index (χ1n) is 24.6. The van der Waals surface area contributed by atoms with Crippen molar-refractivity contribution < 1.29 is 37.0 Å². The standard InChI is InChI=1S/C19H20F3N3O2.C19H23N3O2.C18H20N2O/c20-19(21,22)12-27-17-8-5-15(11-24-17)18(26)25-16-6-3-13(4-7-16)14-2-1-9-23-10-14;1-2-24-17-9-10-18(21-13-17)19(23)22-16-7-5-14(6-8-16)15-4-3-11-20-12-15;1-13-2-4-15(5-3-13)18(21)20-17-8-6-14(7-9-17)16-10-11-19-12-16/h3-8,11,14,23H,1-2,9-10,12H2,(H,25,26);5-10,13,15,20H,2-4,11-12H2,1H3,(H,22,23);2-9,16,19H,10-12H2,1H3,(H,20,21). The summed E-state index contributed by atoms with van der Waals surface area (Å²) in [6.07, 6.45) is 4.24. The maximum absolute atomic E-state index is 12.2. The Morgan fingerprint density at radius 2 is 1.04 bits per heavy atom. The minimum absolute atomic E-state index is 0.0646. The molecule has 0 aliphatic carbocycles. The quantitative estimate of drug-likeness (QED) is 0.0656. The third kappa shape index (κ3) is 16.5. The summed E-state index contributed by atoms with van der Waals surface area (Å²) >= 11 is 0. The van der Waals surface area contributed by atoms with E-state index in [9.17, 15) is 27.6 Å². The van der Waals surface area contributed by atoms with Crippen LogP contribution in [0, 0.1) is 6.92 Å². The molecule has 3 amide bonds. The number of alkyl halides is 3. The normalized spacial score (nSPS) is 17.4. The predicted molar refractivity (Wildman–Crippen MR) is 275 cm³/mol. The van der Waals surface area contributed by atoms with Gasteiger partial charge in [-0.2, -0.15) is 13.2 Å². The second-order valence-electron chi connectivity index (χ2n) is 18.0. The molecule has 3 saturated heterocycles. The van der Waals surface area contributed by atoms with Crippen LogP contribution < -0.4 is 41.4 Å². The lowest BCUT2D eigenvalue weighted by atomic mass is 9.92. The largest absolute Gasteiger partial charge is 0.492 e. The number of nitrogens with zero attached hydrogens (tertiary/aromatic N) is 2. The highest BCUT2D eigenvalue weighted by Gasteiger charge is 2.28. The van der Waals surface area contributed by atoms with E-state index in [1.165, 1.54) is 54.3 Å². The van der Waals surface area contributed by atoms with Crippen molar-refractivity contribution in [2.45, 2.75) is 69.9 Å². The fraction of sp³-hybridized carbons (Fsp3) is 0.339. The van der Waals surface area contributed by atoms with Crippen molar-refractivity contribution in [1.82, 2.24) is 25.9 Å². The maximum Gasteiger partial charge on any atom is 0.422 e. The number of benzene rings is 4. The van der Waals surface area contributed by atoms with Gasteiger partial charge in [0.05, 0.1) is 18.4 Å². The van der Waals surface area contributed by atoms with E-state index >= 15 is 0 Å². The molecule has 9 rings (SSSR count). The molecular weight excluding hydrogens is 922 g/mol. The van der Waals surface area contributed by atoms with Gasteiger partial charge < -0.3 is 41.4 Å². The molecule has 16 heteroatoms. The Morgan fingerprint density at radius 3 is 1.47 bits per heavy atom. The number of aromatic nitrogens is 2. The van der Waals surface area contributed by atoms with Gasteiger partial charge in [0.2, 0.25) is 5.88 Å².